The molecule has 0 aromatic heterocycles. The molecule has 0 unspecified atom stereocenters. The second-order valence-corrected chi connectivity index (χ2v) is 11.7. The van der Waals surface area contributed by atoms with Gasteiger partial charge >= 0.3 is 0 Å². The first-order valence-electron chi connectivity index (χ1n) is 15.0. The Balaban J connectivity index is 1.17. The summed E-state index contributed by atoms with van der Waals surface area (Å²) in [5.41, 5.74) is 6.00. The Bertz CT molecular complexity index is 842. The zero-order valence-corrected chi connectivity index (χ0v) is 22.7. The van der Waals surface area contributed by atoms with E-state index in [1.807, 2.05) is 7.11 Å². The molecule has 2 aliphatic carbocycles. The molecule has 0 radical (unpaired) electrons. The summed E-state index contributed by atoms with van der Waals surface area (Å²) in [4.78, 5) is 0. The van der Waals surface area contributed by atoms with Gasteiger partial charge in [-0.15, -0.1) is 0 Å². The van der Waals surface area contributed by atoms with Crippen LogP contribution >= 0.6 is 0 Å². The molecule has 4 rings (SSSR count). The third-order valence-corrected chi connectivity index (χ3v) is 9.27. The van der Waals surface area contributed by atoms with Crippen molar-refractivity contribution in [1.29, 1.82) is 0 Å². The number of hydrogen-bond acceptors (Lipinski definition) is 1. The Labute approximate surface area is 220 Å². The molecule has 2 aromatic carbocycles. The number of hydrogen-bond donors (Lipinski definition) is 0. The largest absolute Gasteiger partial charge is 0.385 e. The van der Waals surface area contributed by atoms with E-state index in [1.165, 1.54) is 87.3 Å². The van der Waals surface area contributed by atoms with Crippen LogP contribution in [0.15, 0.2) is 48.5 Å². The molecule has 0 amide bonds. The standard InChI is InChI=1S/C34H49FO/c1-36-26-24-30-14-22-34(23-15-30)33-20-12-29(13-21-33)7-6-28-10-18-32(19-11-28)31-16-8-27(9-17-31)5-3-2-4-25-35/h10-13,18-21,27,30-31,34H,2-9,14-17,22-26H2,1H3/t27-,30-,31-,34-. The molecule has 1 nitrogen and oxygen atoms in total. The van der Waals surface area contributed by atoms with Crippen LogP contribution in [0.5, 0.6) is 0 Å². The lowest BCUT2D eigenvalue weighted by molar-refractivity contribution is 0.163. The molecule has 2 fully saturated rings. The minimum atomic E-state index is -0.147. The molecule has 0 saturated heterocycles. The molecule has 0 heterocycles. The first-order valence-corrected chi connectivity index (χ1v) is 15.0. The summed E-state index contributed by atoms with van der Waals surface area (Å²) in [7, 11) is 1.82. The van der Waals surface area contributed by atoms with Crippen LogP contribution in [-0.4, -0.2) is 20.4 Å². The van der Waals surface area contributed by atoms with Crippen LogP contribution in [0, 0.1) is 11.8 Å². The fourth-order valence-corrected chi connectivity index (χ4v) is 6.76. The predicted molar refractivity (Wildman–Crippen MR) is 151 cm³/mol. The molecule has 2 aromatic rings. The van der Waals surface area contributed by atoms with Crippen molar-refractivity contribution in [3.63, 3.8) is 0 Å². The van der Waals surface area contributed by atoms with Crippen molar-refractivity contribution in [3.8, 4) is 0 Å². The predicted octanol–water partition coefficient (Wildman–Crippen LogP) is 9.59. The maximum atomic E-state index is 12.3. The van der Waals surface area contributed by atoms with Crippen molar-refractivity contribution >= 4 is 0 Å². The number of halogens is 1. The molecule has 0 aliphatic heterocycles. The molecule has 198 valence electrons. The number of aryl methyl sites for hydroxylation is 2. The van der Waals surface area contributed by atoms with Gasteiger partial charge in [-0.25, -0.2) is 0 Å². The van der Waals surface area contributed by atoms with Gasteiger partial charge in [-0.2, -0.15) is 0 Å². The lowest BCUT2D eigenvalue weighted by Crippen LogP contribution is -2.14. The van der Waals surface area contributed by atoms with Gasteiger partial charge in [0, 0.05) is 13.7 Å². The van der Waals surface area contributed by atoms with Gasteiger partial charge in [0.05, 0.1) is 6.67 Å². The average Bonchev–Trinajstić information content (AvgIpc) is 2.94. The van der Waals surface area contributed by atoms with E-state index in [2.05, 4.69) is 48.5 Å². The van der Waals surface area contributed by atoms with Crippen molar-refractivity contribution in [1.82, 2.24) is 0 Å². The molecule has 2 saturated carbocycles. The topological polar surface area (TPSA) is 9.23 Å². The molecule has 36 heavy (non-hydrogen) atoms. The number of alkyl halides is 1. The van der Waals surface area contributed by atoms with E-state index in [4.69, 9.17) is 4.74 Å². The molecule has 0 bridgehead atoms. The molecular formula is C34H49FO. The van der Waals surface area contributed by atoms with Crippen LogP contribution in [0.4, 0.5) is 4.39 Å². The minimum Gasteiger partial charge on any atom is -0.385 e. The van der Waals surface area contributed by atoms with Crippen LogP contribution < -0.4 is 0 Å². The van der Waals surface area contributed by atoms with Crippen LogP contribution in [0.1, 0.15) is 118 Å². The SMILES string of the molecule is COCC[C@H]1CC[C@H](c2ccc(CCc3ccc([C@H]4CC[C@H](CCCCCF)CC4)cc3)cc2)CC1. The molecule has 2 heteroatoms. The van der Waals surface area contributed by atoms with Gasteiger partial charge in [0.2, 0.25) is 0 Å². The van der Waals surface area contributed by atoms with E-state index in [-0.39, 0.29) is 6.67 Å². The fourth-order valence-electron chi connectivity index (χ4n) is 6.76. The van der Waals surface area contributed by atoms with E-state index in [1.54, 1.807) is 5.56 Å². The van der Waals surface area contributed by atoms with Gasteiger partial charge in [0.15, 0.2) is 0 Å². The highest BCUT2D eigenvalue weighted by Gasteiger charge is 2.23. The smallest absolute Gasteiger partial charge is 0.0894 e. The van der Waals surface area contributed by atoms with Crippen molar-refractivity contribution in [2.24, 2.45) is 11.8 Å². The second kappa shape index (κ2) is 14.9. The first kappa shape index (κ1) is 27.4. The molecule has 0 spiro atoms. The van der Waals surface area contributed by atoms with E-state index in [0.29, 0.717) is 0 Å². The maximum Gasteiger partial charge on any atom is 0.0894 e. The molecule has 2 aliphatic rings. The van der Waals surface area contributed by atoms with E-state index >= 15 is 0 Å². The van der Waals surface area contributed by atoms with Crippen molar-refractivity contribution < 1.29 is 9.13 Å². The maximum absolute atomic E-state index is 12.3. The van der Waals surface area contributed by atoms with Crippen LogP contribution in [0.25, 0.3) is 0 Å². The average molecular weight is 493 g/mol. The van der Waals surface area contributed by atoms with Gasteiger partial charge in [0.1, 0.15) is 0 Å². The lowest BCUT2D eigenvalue weighted by atomic mass is 9.77. The number of rotatable bonds is 13. The summed E-state index contributed by atoms with van der Waals surface area (Å²) >= 11 is 0. The van der Waals surface area contributed by atoms with Crippen molar-refractivity contribution in [2.45, 2.75) is 108 Å². The van der Waals surface area contributed by atoms with Gasteiger partial charge in [-0.1, -0.05) is 67.8 Å². The van der Waals surface area contributed by atoms with Crippen LogP contribution in [0.2, 0.25) is 0 Å². The summed E-state index contributed by atoms with van der Waals surface area (Å²) in [6.07, 6.45) is 18.6. The Hall–Kier alpha value is -1.67. The molecule has 0 atom stereocenters. The summed E-state index contributed by atoms with van der Waals surface area (Å²) in [6.45, 7) is 0.768. The summed E-state index contributed by atoms with van der Waals surface area (Å²) in [5.74, 6) is 3.24. The number of unbranched alkanes of at least 4 members (excludes halogenated alkanes) is 2. The highest BCUT2D eigenvalue weighted by molar-refractivity contribution is 5.29. The van der Waals surface area contributed by atoms with Gasteiger partial charge < -0.3 is 4.74 Å². The fraction of sp³-hybridized carbons (Fsp3) is 0.647. The summed E-state index contributed by atoms with van der Waals surface area (Å²) in [5, 5.41) is 0. The summed E-state index contributed by atoms with van der Waals surface area (Å²) < 4.78 is 17.5. The molecule has 0 N–H and O–H groups in total. The monoisotopic (exact) mass is 492 g/mol. The van der Waals surface area contributed by atoms with E-state index in [0.717, 1.165) is 56.0 Å². The second-order valence-electron chi connectivity index (χ2n) is 11.7. The van der Waals surface area contributed by atoms with Crippen LogP contribution in [0.3, 0.4) is 0 Å². The molecular weight excluding hydrogens is 443 g/mol. The van der Waals surface area contributed by atoms with E-state index in [9.17, 15) is 4.39 Å². The zero-order chi connectivity index (χ0) is 25.0. The normalized spacial score (nSPS) is 24.6. The first-order chi connectivity index (χ1) is 17.7. The zero-order valence-electron chi connectivity index (χ0n) is 22.7. The van der Waals surface area contributed by atoms with E-state index < -0.39 is 0 Å². The third kappa shape index (κ3) is 8.44. The van der Waals surface area contributed by atoms with Crippen molar-refractivity contribution in [2.75, 3.05) is 20.4 Å². The van der Waals surface area contributed by atoms with Gasteiger partial charge in [-0.3, -0.25) is 4.39 Å². The van der Waals surface area contributed by atoms with Gasteiger partial charge in [0.25, 0.3) is 0 Å². The van der Waals surface area contributed by atoms with Crippen LogP contribution in [-0.2, 0) is 17.6 Å². The Kier molecular flexibility index (Phi) is 11.3. The Morgan fingerprint density at radius 1 is 0.611 bits per heavy atom. The lowest BCUT2D eigenvalue weighted by Gasteiger charge is -2.29. The third-order valence-electron chi connectivity index (χ3n) is 9.27. The Morgan fingerprint density at radius 3 is 1.53 bits per heavy atom. The summed E-state index contributed by atoms with van der Waals surface area (Å²) in [6, 6.07) is 19.1. The number of benzene rings is 2. The number of ether oxygens (including phenoxy) is 1. The van der Waals surface area contributed by atoms with Gasteiger partial charge in [-0.05, 0) is 123 Å². The van der Waals surface area contributed by atoms with Crippen molar-refractivity contribution in [3.05, 3.63) is 70.8 Å². The quantitative estimate of drug-likeness (QED) is 0.253. The minimum absolute atomic E-state index is 0.147. The highest BCUT2D eigenvalue weighted by atomic mass is 19.1. The highest BCUT2D eigenvalue weighted by Crippen LogP contribution is 2.38. The number of methoxy groups -OCH3 is 1. The Morgan fingerprint density at radius 2 is 1.08 bits per heavy atom.